The molecule has 0 fully saturated rings. The van der Waals surface area contributed by atoms with Gasteiger partial charge in [0.2, 0.25) is 0 Å². The van der Waals surface area contributed by atoms with Crippen LogP contribution in [-0.4, -0.2) is 12.1 Å². The van der Waals surface area contributed by atoms with Gasteiger partial charge in [-0.05, 0) is 51.3 Å². The van der Waals surface area contributed by atoms with Gasteiger partial charge >= 0.3 is 0 Å². The Labute approximate surface area is 90.9 Å². The molecule has 2 rings (SSSR count). The highest BCUT2D eigenvalue weighted by atomic mass is 19.1. The monoisotopic (exact) mass is 207 g/mol. The number of aryl methyl sites for hydroxylation is 1. The highest BCUT2D eigenvalue weighted by molar-refractivity contribution is 5.57. The summed E-state index contributed by atoms with van der Waals surface area (Å²) in [5.74, 6) is -0.134. The molecule has 1 heterocycles. The minimum atomic E-state index is -0.134. The van der Waals surface area contributed by atoms with E-state index in [4.69, 9.17) is 0 Å². The van der Waals surface area contributed by atoms with Gasteiger partial charge < -0.3 is 4.90 Å². The van der Waals surface area contributed by atoms with Crippen molar-refractivity contribution in [2.75, 3.05) is 11.4 Å². The van der Waals surface area contributed by atoms with Crippen LogP contribution >= 0.6 is 0 Å². The van der Waals surface area contributed by atoms with Gasteiger partial charge in [-0.3, -0.25) is 0 Å². The van der Waals surface area contributed by atoms with Gasteiger partial charge in [0.25, 0.3) is 0 Å². The summed E-state index contributed by atoms with van der Waals surface area (Å²) in [7, 11) is 0. The summed E-state index contributed by atoms with van der Waals surface area (Å²) < 4.78 is 13.2. The first kappa shape index (κ1) is 10.5. The Morgan fingerprint density at radius 1 is 1.27 bits per heavy atom. The summed E-state index contributed by atoms with van der Waals surface area (Å²) in [4.78, 5) is 2.30. The van der Waals surface area contributed by atoms with Crippen LogP contribution in [0.15, 0.2) is 18.2 Å². The van der Waals surface area contributed by atoms with Gasteiger partial charge in [0.05, 0.1) is 0 Å². The second kappa shape index (κ2) is 3.51. The number of rotatable bonds is 0. The molecule has 15 heavy (non-hydrogen) atoms. The number of nitrogens with zero attached hydrogens (tertiary/aromatic N) is 1. The SMILES string of the molecule is CC(C)(C)N1CCCc2ccc(F)cc21. The molecule has 0 aliphatic carbocycles. The zero-order valence-corrected chi connectivity index (χ0v) is 9.68. The molecule has 0 unspecified atom stereocenters. The zero-order valence-electron chi connectivity index (χ0n) is 9.68. The van der Waals surface area contributed by atoms with Gasteiger partial charge in [-0.15, -0.1) is 0 Å². The van der Waals surface area contributed by atoms with E-state index in [1.165, 1.54) is 5.56 Å². The minimum absolute atomic E-state index is 0.0724. The highest BCUT2D eigenvalue weighted by Crippen LogP contribution is 2.32. The van der Waals surface area contributed by atoms with Gasteiger partial charge in [-0.25, -0.2) is 4.39 Å². The predicted molar refractivity (Wildman–Crippen MR) is 61.8 cm³/mol. The molecular formula is C13H18FN. The van der Waals surface area contributed by atoms with Crippen molar-refractivity contribution < 1.29 is 4.39 Å². The number of fused-ring (bicyclic) bond motifs is 1. The molecule has 0 N–H and O–H groups in total. The van der Waals surface area contributed by atoms with Crippen molar-refractivity contribution in [2.24, 2.45) is 0 Å². The third-order valence-electron chi connectivity index (χ3n) is 2.98. The van der Waals surface area contributed by atoms with E-state index in [0.29, 0.717) is 0 Å². The van der Waals surface area contributed by atoms with Crippen LogP contribution in [0.4, 0.5) is 10.1 Å². The van der Waals surface area contributed by atoms with E-state index in [2.05, 4.69) is 25.7 Å². The van der Waals surface area contributed by atoms with E-state index < -0.39 is 0 Å². The Kier molecular flexibility index (Phi) is 2.45. The summed E-state index contributed by atoms with van der Waals surface area (Å²) >= 11 is 0. The molecule has 2 heteroatoms. The molecule has 0 radical (unpaired) electrons. The second-order valence-electron chi connectivity index (χ2n) is 5.20. The molecule has 0 bridgehead atoms. The fourth-order valence-corrected chi connectivity index (χ4v) is 2.24. The van der Waals surface area contributed by atoms with Gasteiger partial charge in [0, 0.05) is 17.8 Å². The maximum Gasteiger partial charge on any atom is 0.125 e. The van der Waals surface area contributed by atoms with E-state index in [9.17, 15) is 4.39 Å². The Hall–Kier alpha value is -1.05. The lowest BCUT2D eigenvalue weighted by Gasteiger charge is -2.41. The smallest absolute Gasteiger partial charge is 0.125 e. The molecular weight excluding hydrogens is 189 g/mol. The van der Waals surface area contributed by atoms with E-state index >= 15 is 0 Å². The summed E-state index contributed by atoms with van der Waals surface area (Å²) in [6, 6.07) is 5.15. The molecule has 0 atom stereocenters. The van der Waals surface area contributed by atoms with E-state index in [0.717, 1.165) is 25.1 Å². The third-order valence-corrected chi connectivity index (χ3v) is 2.98. The number of halogens is 1. The molecule has 0 aromatic heterocycles. The van der Waals surface area contributed by atoms with Crippen molar-refractivity contribution in [1.29, 1.82) is 0 Å². The average molecular weight is 207 g/mol. The Bertz CT molecular complexity index is 365. The first-order chi connectivity index (χ1) is 6.98. The molecule has 0 spiro atoms. The Morgan fingerprint density at radius 2 is 2.00 bits per heavy atom. The normalized spacial score (nSPS) is 16.4. The van der Waals surface area contributed by atoms with Crippen LogP contribution in [0.2, 0.25) is 0 Å². The maximum absolute atomic E-state index is 13.2. The largest absolute Gasteiger partial charge is 0.366 e. The van der Waals surface area contributed by atoms with E-state index in [-0.39, 0.29) is 11.4 Å². The Morgan fingerprint density at radius 3 is 2.67 bits per heavy atom. The topological polar surface area (TPSA) is 3.24 Å². The summed E-state index contributed by atoms with van der Waals surface area (Å²) in [6.07, 6.45) is 2.23. The van der Waals surface area contributed by atoms with Crippen molar-refractivity contribution in [3.8, 4) is 0 Å². The standard InChI is InChI=1S/C13H18FN/c1-13(2,3)15-8-4-5-10-6-7-11(14)9-12(10)15/h6-7,9H,4-5,8H2,1-3H3. The number of hydrogen-bond donors (Lipinski definition) is 0. The third kappa shape index (κ3) is 1.99. The predicted octanol–water partition coefficient (Wildman–Crippen LogP) is 3.38. The van der Waals surface area contributed by atoms with Crippen LogP contribution in [0.1, 0.15) is 32.8 Å². The fourth-order valence-electron chi connectivity index (χ4n) is 2.24. The molecule has 1 aromatic carbocycles. The molecule has 0 amide bonds. The molecule has 1 nitrogen and oxygen atoms in total. The highest BCUT2D eigenvalue weighted by Gasteiger charge is 2.26. The van der Waals surface area contributed by atoms with Crippen LogP contribution in [0.3, 0.4) is 0 Å². The van der Waals surface area contributed by atoms with Crippen LogP contribution < -0.4 is 4.90 Å². The van der Waals surface area contributed by atoms with Gasteiger partial charge in [0.15, 0.2) is 0 Å². The lowest BCUT2D eigenvalue weighted by atomic mass is 9.95. The molecule has 82 valence electrons. The first-order valence-electron chi connectivity index (χ1n) is 5.54. The van der Waals surface area contributed by atoms with Gasteiger partial charge in [-0.2, -0.15) is 0 Å². The van der Waals surface area contributed by atoms with E-state index in [1.807, 2.05) is 6.07 Å². The van der Waals surface area contributed by atoms with Crippen LogP contribution in [0.5, 0.6) is 0 Å². The molecule has 0 saturated heterocycles. The summed E-state index contributed by atoms with van der Waals surface area (Å²) in [6.45, 7) is 7.55. The van der Waals surface area contributed by atoms with Crippen LogP contribution in [-0.2, 0) is 6.42 Å². The van der Waals surface area contributed by atoms with Crippen LogP contribution in [0, 0.1) is 5.82 Å². The summed E-state index contributed by atoms with van der Waals surface area (Å²) in [5, 5.41) is 0. The van der Waals surface area contributed by atoms with Gasteiger partial charge in [0.1, 0.15) is 5.82 Å². The molecule has 1 aromatic rings. The van der Waals surface area contributed by atoms with Gasteiger partial charge in [-0.1, -0.05) is 6.07 Å². The van der Waals surface area contributed by atoms with Crippen molar-refractivity contribution in [2.45, 2.75) is 39.2 Å². The van der Waals surface area contributed by atoms with Crippen molar-refractivity contribution in [3.05, 3.63) is 29.6 Å². The number of anilines is 1. The fraction of sp³-hybridized carbons (Fsp3) is 0.538. The first-order valence-corrected chi connectivity index (χ1v) is 5.54. The quantitative estimate of drug-likeness (QED) is 0.630. The minimum Gasteiger partial charge on any atom is -0.366 e. The Balaban J connectivity index is 2.45. The van der Waals surface area contributed by atoms with Crippen molar-refractivity contribution in [3.63, 3.8) is 0 Å². The lowest BCUT2D eigenvalue weighted by Crippen LogP contribution is -2.44. The molecule has 0 saturated carbocycles. The molecule has 1 aliphatic heterocycles. The second-order valence-corrected chi connectivity index (χ2v) is 5.20. The maximum atomic E-state index is 13.2. The van der Waals surface area contributed by atoms with Crippen molar-refractivity contribution >= 4 is 5.69 Å². The van der Waals surface area contributed by atoms with Crippen molar-refractivity contribution in [1.82, 2.24) is 0 Å². The number of hydrogen-bond acceptors (Lipinski definition) is 1. The van der Waals surface area contributed by atoms with E-state index in [1.54, 1.807) is 12.1 Å². The lowest BCUT2D eigenvalue weighted by molar-refractivity contribution is 0.481. The zero-order chi connectivity index (χ0) is 11.1. The van der Waals surface area contributed by atoms with Crippen LogP contribution in [0.25, 0.3) is 0 Å². The summed E-state index contributed by atoms with van der Waals surface area (Å²) in [5.41, 5.74) is 2.43. The molecule has 1 aliphatic rings. The average Bonchev–Trinajstić information content (AvgIpc) is 2.15. The number of benzene rings is 1.